The Morgan fingerprint density at radius 3 is 3.33 bits per heavy atom. The van der Waals surface area contributed by atoms with Crippen LogP contribution >= 0.6 is 0 Å². The Morgan fingerprint density at radius 2 is 2.33 bits per heavy atom. The van der Waals surface area contributed by atoms with Crippen molar-refractivity contribution >= 4 is 5.82 Å². The minimum Gasteiger partial charge on any atom is -0.293 e. The van der Waals surface area contributed by atoms with E-state index in [0.29, 0.717) is 6.67 Å². The summed E-state index contributed by atoms with van der Waals surface area (Å²) >= 11 is 0. The van der Waals surface area contributed by atoms with Gasteiger partial charge in [-0.2, -0.15) is 5.11 Å². The second-order valence-corrected chi connectivity index (χ2v) is 2.60. The van der Waals surface area contributed by atoms with Crippen LogP contribution in [0.5, 0.6) is 0 Å². The average Bonchev–Trinajstić information content (AvgIpc) is 2.71. The van der Waals surface area contributed by atoms with Gasteiger partial charge in [-0.15, -0.1) is 5.11 Å². The summed E-state index contributed by atoms with van der Waals surface area (Å²) in [6, 6.07) is 1.90. The molecule has 3 heterocycles. The zero-order chi connectivity index (χ0) is 7.97. The summed E-state index contributed by atoms with van der Waals surface area (Å²) in [5, 5.41) is 7.91. The third-order valence-electron chi connectivity index (χ3n) is 1.89. The Bertz CT molecular complexity index is 430. The molecule has 0 unspecified atom stereocenters. The molecule has 3 rings (SSSR count). The van der Waals surface area contributed by atoms with Crippen molar-refractivity contribution in [2.45, 2.75) is 6.67 Å². The van der Waals surface area contributed by atoms with Gasteiger partial charge in [0.25, 0.3) is 0 Å². The summed E-state index contributed by atoms with van der Waals surface area (Å²) in [4.78, 5) is 8.21. The van der Waals surface area contributed by atoms with E-state index in [9.17, 15) is 0 Å². The minimum atomic E-state index is 0.573. The van der Waals surface area contributed by atoms with Crippen LogP contribution in [0.1, 0.15) is 0 Å². The van der Waals surface area contributed by atoms with E-state index >= 15 is 0 Å². The highest BCUT2D eigenvalue weighted by Crippen LogP contribution is 2.31. The van der Waals surface area contributed by atoms with Gasteiger partial charge in [-0.05, 0) is 6.07 Å². The van der Waals surface area contributed by atoms with Crippen LogP contribution < -0.4 is 0 Å². The van der Waals surface area contributed by atoms with Gasteiger partial charge in [-0.25, -0.2) is 9.97 Å². The molecule has 0 amide bonds. The molecule has 3 aliphatic rings. The van der Waals surface area contributed by atoms with Gasteiger partial charge in [0.1, 0.15) is 13.0 Å². The standard InChI is InChI=1S/C7H5N5/c1-2-8-6-5(1)7-11-10-4-12(7)3-9-6/h1-3H,4H2. The molecule has 0 aromatic rings. The fraction of sp³-hybridized carbons (Fsp3) is 0.143. The molecule has 0 aromatic heterocycles. The van der Waals surface area contributed by atoms with Crippen molar-refractivity contribution in [3.63, 3.8) is 0 Å². The fourth-order valence-electron chi connectivity index (χ4n) is 1.32. The smallest absolute Gasteiger partial charge is 0.168 e. The van der Waals surface area contributed by atoms with Crippen LogP contribution in [0, 0.1) is 0 Å². The normalized spacial score (nSPS) is 14.0. The highest BCUT2D eigenvalue weighted by atomic mass is 15.3. The Morgan fingerprint density at radius 1 is 1.33 bits per heavy atom. The lowest BCUT2D eigenvalue weighted by Gasteiger charge is -2.02. The SMILES string of the molecule is c1cc2c3n(cnc-2n1)CN=N3. The van der Waals surface area contributed by atoms with Crippen molar-refractivity contribution in [2.24, 2.45) is 10.2 Å². The number of hydrogen-bond acceptors (Lipinski definition) is 4. The van der Waals surface area contributed by atoms with Crippen LogP contribution in [0.15, 0.2) is 28.8 Å². The number of aromatic nitrogens is 3. The van der Waals surface area contributed by atoms with Crippen LogP contribution in [0.4, 0.5) is 5.82 Å². The van der Waals surface area contributed by atoms with Crippen LogP contribution in [-0.2, 0) is 6.67 Å². The van der Waals surface area contributed by atoms with Gasteiger partial charge in [0.15, 0.2) is 11.6 Å². The van der Waals surface area contributed by atoms with E-state index in [4.69, 9.17) is 0 Å². The lowest BCUT2D eigenvalue weighted by Crippen LogP contribution is -1.96. The van der Waals surface area contributed by atoms with E-state index in [-0.39, 0.29) is 0 Å². The quantitative estimate of drug-likeness (QED) is 0.584. The first-order chi connectivity index (χ1) is 5.95. The Balaban J connectivity index is 2.43. The van der Waals surface area contributed by atoms with Crippen molar-refractivity contribution in [3.05, 3.63) is 18.6 Å². The molecule has 0 atom stereocenters. The molecule has 0 spiro atoms. The van der Waals surface area contributed by atoms with Crippen molar-refractivity contribution < 1.29 is 0 Å². The number of nitrogens with zero attached hydrogens (tertiary/aromatic N) is 5. The predicted molar refractivity (Wildman–Crippen MR) is 41.2 cm³/mol. The maximum Gasteiger partial charge on any atom is 0.168 e. The van der Waals surface area contributed by atoms with Crippen molar-refractivity contribution in [1.82, 2.24) is 14.5 Å². The topological polar surface area (TPSA) is 55.4 Å². The number of azo groups is 1. The largest absolute Gasteiger partial charge is 0.293 e. The maximum atomic E-state index is 4.14. The average molecular weight is 159 g/mol. The van der Waals surface area contributed by atoms with Crippen LogP contribution in [0.3, 0.4) is 0 Å². The summed E-state index contributed by atoms with van der Waals surface area (Å²) < 4.78 is 1.89. The molecule has 0 saturated heterocycles. The summed E-state index contributed by atoms with van der Waals surface area (Å²) in [6.45, 7) is 0.573. The molecule has 12 heavy (non-hydrogen) atoms. The second kappa shape index (κ2) is 1.88. The maximum absolute atomic E-state index is 4.14. The summed E-state index contributed by atoms with van der Waals surface area (Å²) in [5.74, 6) is 1.60. The van der Waals surface area contributed by atoms with Crippen LogP contribution in [0.2, 0.25) is 0 Å². The highest BCUT2D eigenvalue weighted by Gasteiger charge is 2.16. The molecule has 0 radical (unpaired) electrons. The van der Waals surface area contributed by atoms with Gasteiger partial charge < -0.3 is 0 Å². The van der Waals surface area contributed by atoms with E-state index in [2.05, 4.69) is 20.2 Å². The molecule has 0 fully saturated rings. The number of hydrogen-bond donors (Lipinski definition) is 0. The number of fused-ring (bicyclic) bond motifs is 3. The lowest BCUT2D eigenvalue weighted by molar-refractivity contribution is 0.752. The zero-order valence-electron chi connectivity index (χ0n) is 6.18. The van der Waals surface area contributed by atoms with E-state index in [1.165, 1.54) is 0 Å². The third-order valence-corrected chi connectivity index (χ3v) is 1.89. The third kappa shape index (κ3) is 0.578. The van der Waals surface area contributed by atoms with Gasteiger partial charge in [0, 0.05) is 6.20 Å². The van der Waals surface area contributed by atoms with Gasteiger partial charge >= 0.3 is 0 Å². The molecule has 0 bridgehead atoms. The number of rotatable bonds is 0. The van der Waals surface area contributed by atoms with E-state index in [1.807, 2.05) is 10.6 Å². The minimum absolute atomic E-state index is 0.573. The summed E-state index contributed by atoms with van der Waals surface area (Å²) in [7, 11) is 0. The molecule has 58 valence electrons. The van der Waals surface area contributed by atoms with E-state index < -0.39 is 0 Å². The summed E-state index contributed by atoms with van der Waals surface area (Å²) in [5.41, 5.74) is 0.971. The molecular formula is C7H5N5. The Hall–Kier alpha value is -1.78. The molecule has 3 aliphatic heterocycles. The van der Waals surface area contributed by atoms with E-state index in [1.54, 1.807) is 12.5 Å². The Labute approximate surface area is 68.1 Å². The second-order valence-electron chi connectivity index (χ2n) is 2.60. The van der Waals surface area contributed by atoms with Gasteiger partial charge in [0.2, 0.25) is 0 Å². The first-order valence-corrected chi connectivity index (χ1v) is 3.62. The molecule has 5 nitrogen and oxygen atoms in total. The van der Waals surface area contributed by atoms with Gasteiger partial charge in [0.05, 0.1) is 5.56 Å². The van der Waals surface area contributed by atoms with E-state index in [0.717, 1.165) is 17.2 Å². The first-order valence-electron chi connectivity index (χ1n) is 3.62. The molecule has 0 aliphatic carbocycles. The van der Waals surface area contributed by atoms with Crippen LogP contribution in [-0.4, -0.2) is 14.5 Å². The van der Waals surface area contributed by atoms with Gasteiger partial charge in [-0.3, -0.25) is 4.57 Å². The molecule has 0 saturated carbocycles. The molecule has 0 aromatic carbocycles. The fourth-order valence-corrected chi connectivity index (χ4v) is 1.32. The monoisotopic (exact) mass is 159 g/mol. The molecule has 5 heteroatoms. The molecular weight excluding hydrogens is 154 g/mol. The van der Waals surface area contributed by atoms with Crippen molar-refractivity contribution in [3.8, 4) is 11.4 Å². The summed E-state index contributed by atoms with van der Waals surface area (Å²) in [6.07, 6.45) is 3.44. The predicted octanol–water partition coefficient (Wildman–Crippen LogP) is 1.44. The first kappa shape index (κ1) is 5.82. The molecule has 0 N–H and O–H groups in total. The lowest BCUT2D eigenvalue weighted by atomic mass is 10.3. The Kier molecular flexibility index (Phi) is 0.910. The zero-order valence-corrected chi connectivity index (χ0v) is 6.18. The van der Waals surface area contributed by atoms with Gasteiger partial charge in [-0.1, -0.05) is 0 Å². The van der Waals surface area contributed by atoms with Crippen molar-refractivity contribution in [2.75, 3.05) is 0 Å². The van der Waals surface area contributed by atoms with Crippen molar-refractivity contribution in [1.29, 1.82) is 0 Å². The van der Waals surface area contributed by atoms with Crippen LogP contribution in [0.25, 0.3) is 11.4 Å². The highest BCUT2D eigenvalue weighted by molar-refractivity contribution is 5.69.